The summed E-state index contributed by atoms with van der Waals surface area (Å²) in [7, 11) is -3.73. The predicted molar refractivity (Wildman–Crippen MR) is 111 cm³/mol. The second-order valence-electron chi connectivity index (χ2n) is 7.05. The molecule has 2 amide bonds. The zero-order valence-corrected chi connectivity index (χ0v) is 16.9. The molecule has 2 aromatic carbocycles. The van der Waals surface area contributed by atoms with Crippen molar-refractivity contribution < 1.29 is 18.0 Å². The van der Waals surface area contributed by atoms with E-state index in [9.17, 15) is 18.0 Å². The summed E-state index contributed by atoms with van der Waals surface area (Å²) in [4.78, 5) is 24.4. The summed E-state index contributed by atoms with van der Waals surface area (Å²) in [6.07, 6.45) is 4.54. The van der Waals surface area contributed by atoms with Gasteiger partial charge in [-0.2, -0.15) is 0 Å². The van der Waals surface area contributed by atoms with Crippen LogP contribution in [0.3, 0.4) is 0 Å². The van der Waals surface area contributed by atoms with Crippen molar-refractivity contribution in [3.8, 4) is 0 Å². The molecule has 0 heterocycles. The molecule has 0 unspecified atom stereocenters. The highest BCUT2D eigenvalue weighted by molar-refractivity contribution is 7.92. The predicted octanol–water partition coefficient (Wildman–Crippen LogP) is 2.67. The van der Waals surface area contributed by atoms with E-state index in [1.165, 1.54) is 18.2 Å². The standard InChI is InChI=1S/C21H25N3O4S/c25-20(23-17-8-4-5-9-17)13-14-22-21(26)16-7-6-10-18(15-16)24-29(27,28)19-11-2-1-3-12-19/h1-3,6-7,10-12,15,17,24H,4-5,8-9,13-14H2,(H,22,26)(H,23,25). The van der Waals surface area contributed by atoms with E-state index in [4.69, 9.17) is 0 Å². The second-order valence-corrected chi connectivity index (χ2v) is 8.74. The Hall–Kier alpha value is -2.87. The van der Waals surface area contributed by atoms with Crippen LogP contribution in [0.25, 0.3) is 0 Å². The largest absolute Gasteiger partial charge is 0.353 e. The van der Waals surface area contributed by atoms with E-state index in [2.05, 4.69) is 15.4 Å². The Bertz CT molecular complexity index is 955. The Morgan fingerprint density at radius 1 is 0.966 bits per heavy atom. The molecule has 8 heteroatoms. The minimum absolute atomic E-state index is 0.0680. The number of rotatable bonds is 8. The van der Waals surface area contributed by atoms with Gasteiger partial charge in [-0.1, -0.05) is 37.1 Å². The molecule has 1 aliphatic carbocycles. The summed E-state index contributed by atoms with van der Waals surface area (Å²) in [5.41, 5.74) is 0.606. The van der Waals surface area contributed by atoms with Crippen LogP contribution >= 0.6 is 0 Å². The van der Waals surface area contributed by atoms with Crippen molar-refractivity contribution >= 4 is 27.5 Å². The van der Waals surface area contributed by atoms with Crippen LogP contribution in [0.4, 0.5) is 5.69 Å². The van der Waals surface area contributed by atoms with Gasteiger partial charge in [-0.25, -0.2) is 8.42 Å². The lowest BCUT2D eigenvalue weighted by molar-refractivity contribution is -0.121. The Morgan fingerprint density at radius 3 is 2.41 bits per heavy atom. The molecular weight excluding hydrogens is 390 g/mol. The van der Waals surface area contributed by atoms with Gasteiger partial charge < -0.3 is 10.6 Å². The van der Waals surface area contributed by atoms with Gasteiger partial charge in [0.2, 0.25) is 5.91 Å². The highest BCUT2D eigenvalue weighted by Crippen LogP contribution is 2.18. The number of carbonyl (C=O) groups excluding carboxylic acids is 2. The maximum absolute atomic E-state index is 12.4. The third kappa shape index (κ3) is 6.05. The fourth-order valence-electron chi connectivity index (χ4n) is 3.30. The summed E-state index contributed by atoms with van der Waals surface area (Å²) in [6, 6.07) is 14.5. The van der Waals surface area contributed by atoms with Crippen LogP contribution in [0.5, 0.6) is 0 Å². The Labute approximate surface area is 171 Å². The van der Waals surface area contributed by atoms with Gasteiger partial charge in [0.1, 0.15) is 0 Å². The van der Waals surface area contributed by atoms with Crippen molar-refractivity contribution in [1.29, 1.82) is 0 Å². The minimum Gasteiger partial charge on any atom is -0.353 e. The first-order chi connectivity index (χ1) is 13.9. The van der Waals surface area contributed by atoms with E-state index in [0.717, 1.165) is 25.7 Å². The molecule has 29 heavy (non-hydrogen) atoms. The molecular formula is C21H25N3O4S. The van der Waals surface area contributed by atoms with Crippen LogP contribution in [0.1, 0.15) is 42.5 Å². The van der Waals surface area contributed by atoms with Crippen molar-refractivity contribution in [2.24, 2.45) is 0 Å². The lowest BCUT2D eigenvalue weighted by Crippen LogP contribution is -2.35. The molecule has 154 valence electrons. The molecule has 1 saturated carbocycles. The van der Waals surface area contributed by atoms with Crippen molar-refractivity contribution in [2.75, 3.05) is 11.3 Å². The van der Waals surface area contributed by atoms with Gasteiger partial charge in [0, 0.05) is 30.3 Å². The minimum atomic E-state index is -3.73. The SMILES string of the molecule is O=C(CCNC(=O)c1cccc(NS(=O)(=O)c2ccccc2)c1)NC1CCCC1. The van der Waals surface area contributed by atoms with Gasteiger partial charge in [-0.05, 0) is 43.2 Å². The molecule has 0 bridgehead atoms. The summed E-state index contributed by atoms with van der Waals surface area (Å²) in [6.45, 7) is 0.220. The Balaban J connectivity index is 1.53. The second kappa shape index (κ2) is 9.56. The number of amides is 2. The van der Waals surface area contributed by atoms with Gasteiger partial charge >= 0.3 is 0 Å². The molecule has 0 aliphatic heterocycles. The average molecular weight is 416 g/mol. The van der Waals surface area contributed by atoms with Gasteiger partial charge in [0.25, 0.3) is 15.9 Å². The van der Waals surface area contributed by atoms with Crippen molar-refractivity contribution in [3.63, 3.8) is 0 Å². The van der Waals surface area contributed by atoms with Crippen molar-refractivity contribution in [2.45, 2.75) is 43.0 Å². The maximum Gasteiger partial charge on any atom is 0.261 e. The van der Waals surface area contributed by atoms with E-state index in [1.54, 1.807) is 36.4 Å². The highest BCUT2D eigenvalue weighted by Gasteiger charge is 2.17. The molecule has 1 fully saturated rings. The first-order valence-electron chi connectivity index (χ1n) is 9.69. The number of benzene rings is 2. The molecule has 3 rings (SSSR count). The van der Waals surface area contributed by atoms with Crippen LogP contribution in [0.15, 0.2) is 59.5 Å². The smallest absolute Gasteiger partial charge is 0.261 e. The van der Waals surface area contributed by atoms with Crippen LogP contribution in [-0.4, -0.2) is 32.8 Å². The number of sulfonamides is 1. The summed E-state index contributed by atoms with van der Waals surface area (Å²) in [5.74, 6) is -0.430. The number of anilines is 1. The van der Waals surface area contributed by atoms with Gasteiger partial charge in [0.15, 0.2) is 0 Å². The number of hydrogen-bond donors (Lipinski definition) is 3. The van der Waals surface area contributed by atoms with E-state index >= 15 is 0 Å². The van der Waals surface area contributed by atoms with Crippen LogP contribution in [0, 0.1) is 0 Å². The van der Waals surface area contributed by atoms with Crippen LogP contribution in [0.2, 0.25) is 0 Å². The number of hydrogen-bond acceptors (Lipinski definition) is 4. The zero-order chi connectivity index (χ0) is 20.7. The Morgan fingerprint density at radius 2 is 1.69 bits per heavy atom. The van der Waals surface area contributed by atoms with Gasteiger partial charge in [-0.3, -0.25) is 14.3 Å². The number of nitrogens with one attached hydrogen (secondary N) is 3. The summed E-state index contributed by atoms with van der Waals surface area (Å²) >= 11 is 0. The van der Waals surface area contributed by atoms with E-state index in [1.807, 2.05) is 0 Å². The lowest BCUT2D eigenvalue weighted by atomic mass is 10.2. The van der Waals surface area contributed by atoms with Crippen LogP contribution < -0.4 is 15.4 Å². The molecule has 3 N–H and O–H groups in total. The molecule has 0 radical (unpaired) electrons. The van der Waals surface area contributed by atoms with Crippen molar-refractivity contribution in [1.82, 2.24) is 10.6 Å². The van der Waals surface area contributed by atoms with E-state index in [0.29, 0.717) is 11.3 Å². The van der Waals surface area contributed by atoms with Crippen molar-refractivity contribution in [3.05, 3.63) is 60.2 Å². The molecule has 1 aliphatic rings. The maximum atomic E-state index is 12.4. The van der Waals surface area contributed by atoms with Gasteiger partial charge in [0.05, 0.1) is 4.90 Å². The lowest BCUT2D eigenvalue weighted by Gasteiger charge is -2.12. The molecule has 2 aromatic rings. The topological polar surface area (TPSA) is 104 Å². The zero-order valence-electron chi connectivity index (χ0n) is 16.1. The van der Waals surface area contributed by atoms with E-state index in [-0.39, 0.29) is 35.7 Å². The third-order valence-corrected chi connectivity index (χ3v) is 6.19. The van der Waals surface area contributed by atoms with E-state index < -0.39 is 10.0 Å². The third-order valence-electron chi connectivity index (χ3n) is 4.79. The summed E-state index contributed by atoms with van der Waals surface area (Å²) in [5, 5.41) is 5.68. The Kier molecular flexibility index (Phi) is 6.87. The summed E-state index contributed by atoms with van der Waals surface area (Å²) < 4.78 is 27.3. The molecule has 0 saturated heterocycles. The monoisotopic (exact) mass is 415 g/mol. The fourth-order valence-corrected chi connectivity index (χ4v) is 4.37. The van der Waals surface area contributed by atoms with Gasteiger partial charge in [-0.15, -0.1) is 0 Å². The quantitative estimate of drug-likeness (QED) is 0.616. The number of carbonyl (C=O) groups is 2. The fraction of sp³-hybridized carbons (Fsp3) is 0.333. The molecule has 0 spiro atoms. The van der Waals surface area contributed by atoms with Crippen LogP contribution in [-0.2, 0) is 14.8 Å². The molecule has 0 atom stereocenters. The average Bonchev–Trinajstić information content (AvgIpc) is 3.21. The highest BCUT2D eigenvalue weighted by atomic mass is 32.2. The first-order valence-corrected chi connectivity index (χ1v) is 11.2. The normalized spacial score (nSPS) is 14.3. The first kappa shape index (κ1) is 20.9. The molecule has 7 nitrogen and oxygen atoms in total. The molecule has 0 aromatic heterocycles.